The SMILES string of the molecule is Cc1c(-c2ccccc2)ccc2[nH]cnc12. The van der Waals surface area contributed by atoms with Crippen LogP contribution < -0.4 is 0 Å². The highest BCUT2D eigenvalue weighted by Crippen LogP contribution is 2.27. The van der Waals surface area contributed by atoms with Crippen molar-refractivity contribution in [3.63, 3.8) is 0 Å². The van der Waals surface area contributed by atoms with E-state index in [1.54, 1.807) is 6.33 Å². The number of nitrogens with zero attached hydrogens (tertiary/aromatic N) is 1. The molecule has 1 heterocycles. The Morgan fingerprint density at radius 2 is 1.81 bits per heavy atom. The third-order valence-corrected chi connectivity index (χ3v) is 2.93. The van der Waals surface area contributed by atoms with Crippen LogP contribution >= 0.6 is 0 Å². The van der Waals surface area contributed by atoms with Gasteiger partial charge in [0.1, 0.15) is 0 Å². The second-order valence-electron chi connectivity index (χ2n) is 3.90. The van der Waals surface area contributed by atoms with Gasteiger partial charge in [-0.2, -0.15) is 0 Å². The molecule has 1 aromatic heterocycles. The number of H-pyrrole nitrogens is 1. The molecule has 0 saturated heterocycles. The third-order valence-electron chi connectivity index (χ3n) is 2.93. The fourth-order valence-electron chi connectivity index (χ4n) is 2.08. The first-order chi connectivity index (χ1) is 7.86. The molecule has 0 aliphatic rings. The smallest absolute Gasteiger partial charge is 0.0931 e. The molecule has 0 saturated carbocycles. The van der Waals surface area contributed by atoms with E-state index in [1.807, 2.05) is 6.07 Å². The normalized spacial score (nSPS) is 10.8. The van der Waals surface area contributed by atoms with E-state index in [4.69, 9.17) is 0 Å². The third kappa shape index (κ3) is 1.31. The fourth-order valence-corrected chi connectivity index (χ4v) is 2.08. The number of fused-ring (bicyclic) bond motifs is 1. The zero-order valence-electron chi connectivity index (χ0n) is 9.07. The standard InChI is InChI=1S/C14H12N2/c1-10-12(11-5-3-2-4-6-11)7-8-13-14(10)16-9-15-13/h2-9H,1H3,(H,15,16). The summed E-state index contributed by atoms with van der Waals surface area (Å²) in [6, 6.07) is 14.6. The molecule has 0 spiro atoms. The van der Waals surface area contributed by atoms with Crippen LogP contribution in [0, 0.1) is 6.92 Å². The van der Waals surface area contributed by atoms with Gasteiger partial charge in [-0.15, -0.1) is 0 Å². The Morgan fingerprint density at radius 3 is 2.62 bits per heavy atom. The van der Waals surface area contributed by atoms with Crippen molar-refractivity contribution in [3.05, 3.63) is 54.4 Å². The first-order valence-corrected chi connectivity index (χ1v) is 5.34. The lowest BCUT2D eigenvalue weighted by molar-refractivity contribution is 1.34. The maximum absolute atomic E-state index is 4.35. The zero-order valence-corrected chi connectivity index (χ0v) is 9.07. The van der Waals surface area contributed by atoms with Gasteiger partial charge in [0, 0.05) is 0 Å². The van der Waals surface area contributed by atoms with E-state index in [9.17, 15) is 0 Å². The quantitative estimate of drug-likeness (QED) is 0.651. The van der Waals surface area contributed by atoms with Crippen molar-refractivity contribution in [2.75, 3.05) is 0 Å². The lowest BCUT2D eigenvalue weighted by atomic mass is 10.00. The minimum absolute atomic E-state index is 1.06. The summed E-state index contributed by atoms with van der Waals surface area (Å²) in [5.74, 6) is 0. The van der Waals surface area contributed by atoms with E-state index in [0.717, 1.165) is 11.0 Å². The monoisotopic (exact) mass is 208 g/mol. The van der Waals surface area contributed by atoms with Crippen LogP contribution in [0.25, 0.3) is 22.2 Å². The number of imidazole rings is 1. The molecule has 16 heavy (non-hydrogen) atoms. The fraction of sp³-hybridized carbons (Fsp3) is 0.0714. The van der Waals surface area contributed by atoms with Gasteiger partial charge in [0.15, 0.2) is 0 Å². The average Bonchev–Trinajstić information content (AvgIpc) is 2.80. The second kappa shape index (κ2) is 3.49. The van der Waals surface area contributed by atoms with Crippen molar-refractivity contribution in [2.24, 2.45) is 0 Å². The summed E-state index contributed by atoms with van der Waals surface area (Å²) < 4.78 is 0. The molecule has 3 aromatic rings. The van der Waals surface area contributed by atoms with Crippen LogP contribution in [0.5, 0.6) is 0 Å². The van der Waals surface area contributed by atoms with E-state index in [-0.39, 0.29) is 0 Å². The Labute approximate surface area is 94.0 Å². The van der Waals surface area contributed by atoms with Crippen LogP contribution in [0.2, 0.25) is 0 Å². The van der Waals surface area contributed by atoms with Crippen molar-refractivity contribution < 1.29 is 0 Å². The zero-order chi connectivity index (χ0) is 11.0. The molecule has 2 nitrogen and oxygen atoms in total. The number of rotatable bonds is 1. The van der Waals surface area contributed by atoms with Crippen LogP contribution in [0.1, 0.15) is 5.56 Å². The maximum Gasteiger partial charge on any atom is 0.0931 e. The second-order valence-corrected chi connectivity index (χ2v) is 3.90. The lowest BCUT2D eigenvalue weighted by Gasteiger charge is -2.06. The van der Waals surface area contributed by atoms with Gasteiger partial charge < -0.3 is 4.98 Å². The predicted octanol–water partition coefficient (Wildman–Crippen LogP) is 3.54. The number of nitrogens with one attached hydrogen (secondary N) is 1. The van der Waals surface area contributed by atoms with Gasteiger partial charge in [-0.25, -0.2) is 4.98 Å². The Hall–Kier alpha value is -2.09. The molecule has 2 heteroatoms. The summed E-state index contributed by atoms with van der Waals surface area (Å²) >= 11 is 0. The van der Waals surface area contributed by atoms with Gasteiger partial charge in [0.2, 0.25) is 0 Å². The van der Waals surface area contributed by atoms with E-state index < -0.39 is 0 Å². The first kappa shape index (κ1) is 9.16. The topological polar surface area (TPSA) is 28.7 Å². The summed E-state index contributed by atoms with van der Waals surface area (Å²) in [7, 11) is 0. The lowest BCUT2D eigenvalue weighted by Crippen LogP contribution is -1.84. The van der Waals surface area contributed by atoms with Gasteiger partial charge in [0.05, 0.1) is 17.4 Å². The van der Waals surface area contributed by atoms with Crippen molar-refractivity contribution >= 4 is 11.0 Å². The highest BCUT2D eigenvalue weighted by molar-refractivity contribution is 5.86. The van der Waals surface area contributed by atoms with E-state index in [1.165, 1.54) is 16.7 Å². The molecule has 78 valence electrons. The van der Waals surface area contributed by atoms with Crippen LogP contribution in [-0.2, 0) is 0 Å². The average molecular weight is 208 g/mol. The Kier molecular flexibility index (Phi) is 2.00. The van der Waals surface area contributed by atoms with Gasteiger partial charge in [-0.05, 0) is 29.7 Å². The molecule has 0 bridgehead atoms. The molecule has 0 atom stereocenters. The number of aromatic amines is 1. The van der Waals surface area contributed by atoms with Crippen molar-refractivity contribution in [2.45, 2.75) is 6.92 Å². The van der Waals surface area contributed by atoms with Crippen LogP contribution in [0.15, 0.2) is 48.8 Å². The molecule has 2 aromatic carbocycles. The number of aryl methyl sites for hydroxylation is 1. The van der Waals surface area contributed by atoms with E-state index in [2.05, 4.69) is 53.3 Å². The Bertz CT molecular complexity index is 624. The van der Waals surface area contributed by atoms with Gasteiger partial charge in [0.25, 0.3) is 0 Å². The molecule has 0 aliphatic carbocycles. The minimum Gasteiger partial charge on any atom is -0.345 e. The van der Waals surface area contributed by atoms with Crippen molar-refractivity contribution in [3.8, 4) is 11.1 Å². The van der Waals surface area contributed by atoms with Crippen LogP contribution in [-0.4, -0.2) is 9.97 Å². The number of benzene rings is 2. The predicted molar refractivity (Wildman–Crippen MR) is 66.3 cm³/mol. The highest BCUT2D eigenvalue weighted by Gasteiger charge is 2.06. The maximum atomic E-state index is 4.35. The molecule has 1 N–H and O–H groups in total. The summed E-state index contributed by atoms with van der Waals surface area (Å²) in [6.45, 7) is 2.12. The summed E-state index contributed by atoms with van der Waals surface area (Å²) in [6.07, 6.45) is 1.74. The largest absolute Gasteiger partial charge is 0.345 e. The number of aromatic nitrogens is 2. The molecule has 0 radical (unpaired) electrons. The van der Waals surface area contributed by atoms with Gasteiger partial charge >= 0.3 is 0 Å². The van der Waals surface area contributed by atoms with Gasteiger partial charge in [-0.3, -0.25) is 0 Å². The Balaban J connectivity index is 2.28. The van der Waals surface area contributed by atoms with Crippen LogP contribution in [0.3, 0.4) is 0 Å². The molecule has 0 fully saturated rings. The first-order valence-electron chi connectivity index (χ1n) is 5.34. The van der Waals surface area contributed by atoms with Crippen molar-refractivity contribution in [1.29, 1.82) is 0 Å². The van der Waals surface area contributed by atoms with Crippen LogP contribution in [0.4, 0.5) is 0 Å². The van der Waals surface area contributed by atoms with Crippen molar-refractivity contribution in [1.82, 2.24) is 9.97 Å². The number of hydrogen-bond acceptors (Lipinski definition) is 1. The molecule has 3 rings (SSSR count). The highest BCUT2D eigenvalue weighted by atomic mass is 14.9. The minimum atomic E-state index is 1.06. The molecule has 0 unspecified atom stereocenters. The summed E-state index contributed by atoms with van der Waals surface area (Å²) in [4.78, 5) is 7.48. The van der Waals surface area contributed by atoms with E-state index >= 15 is 0 Å². The number of hydrogen-bond donors (Lipinski definition) is 1. The van der Waals surface area contributed by atoms with E-state index in [0.29, 0.717) is 0 Å². The summed E-state index contributed by atoms with van der Waals surface area (Å²) in [5, 5.41) is 0. The molecular weight excluding hydrogens is 196 g/mol. The molecule has 0 amide bonds. The molecular formula is C14H12N2. The Morgan fingerprint density at radius 1 is 1.00 bits per heavy atom. The van der Waals surface area contributed by atoms with Gasteiger partial charge in [-0.1, -0.05) is 36.4 Å². The summed E-state index contributed by atoms with van der Waals surface area (Å²) in [5.41, 5.74) is 5.87. The molecule has 0 aliphatic heterocycles.